The van der Waals surface area contributed by atoms with E-state index in [1.807, 2.05) is 23.9 Å². The van der Waals surface area contributed by atoms with Crippen molar-refractivity contribution in [3.05, 3.63) is 29.8 Å². The molecule has 3 N–H and O–H groups in total. The van der Waals surface area contributed by atoms with Crippen LogP contribution in [0.4, 0.5) is 0 Å². The van der Waals surface area contributed by atoms with Crippen molar-refractivity contribution in [1.29, 1.82) is 0 Å². The Labute approximate surface area is 125 Å². The minimum Gasteiger partial charge on any atom is -0.330 e. The van der Waals surface area contributed by atoms with E-state index in [-0.39, 0.29) is 6.04 Å². The van der Waals surface area contributed by atoms with Crippen molar-refractivity contribution in [3.8, 4) is 0 Å². The highest BCUT2D eigenvalue weighted by Crippen LogP contribution is 2.19. The van der Waals surface area contributed by atoms with E-state index in [0.717, 1.165) is 42.8 Å². The maximum absolute atomic E-state index is 12.3. The van der Waals surface area contributed by atoms with Crippen LogP contribution < -0.4 is 10.5 Å². The maximum atomic E-state index is 12.3. The van der Waals surface area contributed by atoms with Gasteiger partial charge >= 0.3 is 0 Å². The normalized spacial score (nSPS) is 19.9. The Hall–Kier alpha value is -0.560. The van der Waals surface area contributed by atoms with E-state index in [1.54, 1.807) is 12.1 Å². The first-order valence-electron chi connectivity index (χ1n) is 7.01. The van der Waals surface area contributed by atoms with Crippen LogP contribution >= 0.6 is 11.8 Å². The lowest BCUT2D eigenvalue weighted by Gasteiger charge is -2.22. The molecule has 112 valence electrons. The topological polar surface area (TPSA) is 72.2 Å². The molecule has 1 atom stereocenters. The quantitative estimate of drug-likeness (QED) is 0.839. The van der Waals surface area contributed by atoms with Gasteiger partial charge in [-0.25, -0.2) is 13.1 Å². The van der Waals surface area contributed by atoms with Gasteiger partial charge in [0.15, 0.2) is 0 Å². The predicted molar refractivity (Wildman–Crippen MR) is 84.5 cm³/mol. The molecule has 1 saturated heterocycles. The number of hydrogen-bond donors (Lipinski definition) is 2. The Morgan fingerprint density at radius 2 is 2.05 bits per heavy atom. The fourth-order valence-corrected chi connectivity index (χ4v) is 4.71. The van der Waals surface area contributed by atoms with Crippen molar-refractivity contribution in [3.63, 3.8) is 0 Å². The van der Waals surface area contributed by atoms with Gasteiger partial charge in [-0.3, -0.25) is 0 Å². The monoisotopic (exact) mass is 314 g/mol. The zero-order chi connectivity index (χ0) is 14.4. The molecule has 1 unspecified atom stereocenters. The van der Waals surface area contributed by atoms with Gasteiger partial charge in [0.1, 0.15) is 0 Å². The Morgan fingerprint density at radius 3 is 2.65 bits per heavy atom. The Kier molecular flexibility index (Phi) is 5.89. The van der Waals surface area contributed by atoms with Gasteiger partial charge in [0.2, 0.25) is 10.0 Å². The molecule has 20 heavy (non-hydrogen) atoms. The van der Waals surface area contributed by atoms with Crippen LogP contribution in [0.5, 0.6) is 0 Å². The van der Waals surface area contributed by atoms with Gasteiger partial charge in [0, 0.05) is 11.8 Å². The molecule has 1 fully saturated rings. The molecule has 1 aliphatic rings. The molecular weight excluding hydrogens is 292 g/mol. The van der Waals surface area contributed by atoms with Crippen LogP contribution in [0.15, 0.2) is 29.2 Å². The first-order valence-corrected chi connectivity index (χ1v) is 9.65. The smallest absolute Gasteiger partial charge is 0.240 e. The summed E-state index contributed by atoms with van der Waals surface area (Å²) in [6.45, 7) is 0.654. The van der Waals surface area contributed by atoms with Gasteiger partial charge in [-0.2, -0.15) is 11.8 Å². The summed E-state index contributed by atoms with van der Waals surface area (Å²) in [7, 11) is -3.39. The molecule has 2 rings (SSSR count). The molecule has 0 saturated carbocycles. The molecule has 4 nitrogen and oxygen atoms in total. The largest absolute Gasteiger partial charge is 0.330 e. The van der Waals surface area contributed by atoms with E-state index in [0.29, 0.717) is 11.4 Å². The molecular formula is C14H22N2O2S2. The Bertz CT molecular complexity index is 508. The first-order chi connectivity index (χ1) is 9.62. The zero-order valence-electron chi connectivity index (χ0n) is 11.5. The van der Waals surface area contributed by atoms with Crippen molar-refractivity contribution in [1.82, 2.24) is 4.72 Å². The number of thioether (sulfide) groups is 1. The molecule has 1 aromatic rings. The summed E-state index contributed by atoms with van der Waals surface area (Å²) in [6.07, 6.45) is 3.82. The summed E-state index contributed by atoms with van der Waals surface area (Å²) in [6, 6.07) is 7.18. The lowest BCUT2D eigenvalue weighted by atomic mass is 10.1. The molecule has 0 aromatic heterocycles. The zero-order valence-corrected chi connectivity index (χ0v) is 13.2. The van der Waals surface area contributed by atoms with Crippen molar-refractivity contribution in [2.45, 2.75) is 36.6 Å². The minimum atomic E-state index is -3.39. The maximum Gasteiger partial charge on any atom is 0.240 e. The van der Waals surface area contributed by atoms with Gasteiger partial charge in [-0.05, 0) is 55.7 Å². The number of nitrogens with two attached hydrogens (primary N) is 1. The van der Waals surface area contributed by atoms with Gasteiger partial charge in [-0.1, -0.05) is 12.1 Å². The highest BCUT2D eigenvalue weighted by molar-refractivity contribution is 7.99. The van der Waals surface area contributed by atoms with Crippen LogP contribution in [0.1, 0.15) is 24.8 Å². The van der Waals surface area contributed by atoms with E-state index < -0.39 is 10.0 Å². The van der Waals surface area contributed by atoms with Crippen molar-refractivity contribution < 1.29 is 8.42 Å². The molecule has 6 heteroatoms. The summed E-state index contributed by atoms with van der Waals surface area (Å²) in [5.74, 6) is 2.00. The standard InChI is InChI=1S/C14H22N2O2S2/c15-9-1-3-12-5-7-14(8-6-12)20(17,18)16-13-4-2-10-19-11-13/h5-8,13,16H,1-4,9-11,15H2. The fraction of sp³-hybridized carbons (Fsp3) is 0.571. The fourth-order valence-electron chi connectivity index (χ4n) is 2.26. The van der Waals surface area contributed by atoms with Crippen molar-refractivity contribution >= 4 is 21.8 Å². The summed E-state index contributed by atoms with van der Waals surface area (Å²) < 4.78 is 27.4. The van der Waals surface area contributed by atoms with Crippen LogP contribution in [0, 0.1) is 0 Å². The third-order valence-electron chi connectivity index (χ3n) is 3.39. The van der Waals surface area contributed by atoms with Crippen LogP contribution in [0.25, 0.3) is 0 Å². The summed E-state index contributed by atoms with van der Waals surface area (Å²) in [5, 5.41) is 0. The average Bonchev–Trinajstić information content (AvgIpc) is 2.46. The minimum absolute atomic E-state index is 0.0654. The van der Waals surface area contributed by atoms with Gasteiger partial charge in [0.05, 0.1) is 4.90 Å². The number of hydrogen-bond acceptors (Lipinski definition) is 4. The second-order valence-electron chi connectivity index (χ2n) is 5.07. The number of sulfonamides is 1. The second-order valence-corrected chi connectivity index (χ2v) is 7.94. The summed E-state index contributed by atoms with van der Waals surface area (Å²) in [5.41, 5.74) is 6.60. The van der Waals surface area contributed by atoms with Crippen LogP contribution in [-0.4, -0.2) is 32.5 Å². The van der Waals surface area contributed by atoms with Crippen LogP contribution in [-0.2, 0) is 16.4 Å². The molecule has 1 aliphatic heterocycles. The molecule has 1 heterocycles. The molecule has 1 aromatic carbocycles. The highest BCUT2D eigenvalue weighted by Gasteiger charge is 2.21. The van der Waals surface area contributed by atoms with Crippen LogP contribution in [0.2, 0.25) is 0 Å². The Balaban J connectivity index is 2.01. The highest BCUT2D eigenvalue weighted by atomic mass is 32.2. The molecule has 0 spiro atoms. The molecule has 0 radical (unpaired) electrons. The number of nitrogens with one attached hydrogen (secondary N) is 1. The predicted octanol–water partition coefficient (Wildman–Crippen LogP) is 1.75. The van der Waals surface area contributed by atoms with E-state index in [2.05, 4.69) is 4.72 Å². The van der Waals surface area contributed by atoms with Gasteiger partial charge in [0.25, 0.3) is 0 Å². The van der Waals surface area contributed by atoms with E-state index >= 15 is 0 Å². The molecule has 0 bridgehead atoms. The van der Waals surface area contributed by atoms with E-state index in [4.69, 9.17) is 5.73 Å². The van der Waals surface area contributed by atoms with Crippen molar-refractivity contribution in [2.24, 2.45) is 5.73 Å². The number of aryl methyl sites for hydroxylation is 1. The third kappa shape index (κ3) is 4.48. The van der Waals surface area contributed by atoms with E-state index in [1.165, 1.54) is 0 Å². The van der Waals surface area contributed by atoms with E-state index in [9.17, 15) is 8.42 Å². The second kappa shape index (κ2) is 7.45. The molecule has 0 amide bonds. The number of rotatable bonds is 6. The summed E-state index contributed by atoms with van der Waals surface area (Å²) in [4.78, 5) is 0.351. The van der Waals surface area contributed by atoms with Crippen molar-refractivity contribution in [2.75, 3.05) is 18.1 Å². The molecule has 0 aliphatic carbocycles. The van der Waals surface area contributed by atoms with Gasteiger partial charge < -0.3 is 5.73 Å². The third-order valence-corrected chi connectivity index (χ3v) is 6.14. The summed E-state index contributed by atoms with van der Waals surface area (Å²) >= 11 is 1.81. The lowest BCUT2D eigenvalue weighted by molar-refractivity contribution is 0.543. The van der Waals surface area contributed by atoms with Gasteiger partial charge in [-0.15, -0.1) is 0 Å². The average molecular weight is 314 g/mol. The number of benzene rings is 1. The van der Waals surface area contributed by atoms with Crippen LogP contribution in [0.3, 0.4) is 0 Å². The SMILES string of the molecule is NCCCc1ccc(S(=O)(=O)NC2CCCSC2)cc1. The lowest BCUT2D eigenvalue weighted by Crippen LogP contribution is -2.38. The first kappa shape index (κ1) is 15.8. The Morgan fingerprint density at radius 1 is 1.30 bits per heavy atom.